The fourth-order valence-corrected chi connectivity index (χ4v) is 1.06. The SMILES string of the molecule is CCOC(=O)c1ccc(OC)cc1N. The second kappa shape index (κ2) is 4.50. The summed E-state index contributed by atoms with van der Waals surface area (Å²) in [6.07, 6.45) is 0. The van der Waals surface area contributed by atoms with Crippen LogP contribution in [0.3, 0.4) is 0 Å². The zero-order chi connectivity index (χ0) is 10.6. The summed E-state index contributed by atoms with van der Waals surface area (Å²) in [5.41, 5.74) is 6.38. The predicted octanol–water partition coefficient (Wildman–Crippen LogP) is 1.45. The molecule has 0 aliphatic carbocycles. The number of carbonyl (C=O) groups is 1. The Balaban J connectivity index is 2.94. The zero-order valence-electron chi connectivity index (χ0n) is 8.24. The maximum atomic E-state index is 11.3. The predicted molar refractivity (Wildman–Crippen MR) is 53.4 cm³/mol. The molecule has 0 spiro atoms. The lowest BCUT2D eigenvalue weighted by Crippen LogP contribution is -2.07. The van der Waals surface area contributed by atoms with Gasteiger partial charge in [0, 0.05) is 11.8 Å². The smallest absolute Gasteiger partial charge is 0.340 e. The first-order chi connectivity index (χ1) is 6.69. The molecule has 0 aromatic heterocycles. The third kappa shape index (κ3) is 2.16. The van der Waals surface area contributed by atoms with E-state index < -0.39 is 5.97 Å². The number of esters is 1. The average Bonchev–Trinajstić information content (AvgIpc) is 2.17. The molecule has 0 amide bonds. The number of benzene rings is 1. The van der Waals surface area contributed by atoms with Crippen LogP contribution in [-0.2, 0) is 4.74 Å². The van der Waals surface area contributed by atoms with Gasteiger partial charge in [0.25, 0.3) is 0 Å². The molecule has 0 radical (unpaired) electrons. The van der Waals surface area contributed by atoms with Crippen molar-refractivity contribution in [3.05, 3.63) is 23.8 Å². The van der Waals surface area contributed by atoms with Gasteiger partial charge in [0.2, 0.25) is 0 Å². The monoisotopic (exact) mass is 195 g/mol. The van der Waals surface area contributed by atoms with Crippen molar-refractivity contribution in [3.63, 3.8) is 0 Å². The third-order valence-corrected chi connectivity index (χ3v) is 1.75. The summed E-state index contributed by atoms with van der Waals surface area (Å²) in [5, 5.41) is 0. The molecule has 2 N–H and O–H groups in total. The van der Waals surface area contributed by atoms with Crippen LogP contribution in [0, 0.1) is 0 Å². The number of hydrogen-bond donors (Lipinski definition) is 1. The lowest BCUT2D eigenvalue weighted by Gasteiger charge is -2.06. The van der Waals surface area contributed by atoms with Crippen LogP contribution in [0.4, 0.5) is 5.69 Å². The van der Waals surface area contributed by atoms with Gasteiger partial charge in [-0.25, -0.2) is 4.79 Å². The van der Waals surface area contributed by atoms with Crippen molar-refractivity contribution in [2.45, 2.75) is 6.92 Å². The molecule has 1 aromatic carbocycles. The lowest BCUT2D eigenvalue weighted by atomic mass is 10.2. The second-order valence-electron chi connectivity index (χ2n) is 2.67. The van der Waals surface area contributed by atoms with E-state index in [4.69, 9.17) is 15.2 Å². The maximum absolute atomic E-state index is 11.3. The first-order valence-electron chi connectivity index (χ1n) is 4.29. The minimum atomic E-state index is -0.410. The van der Waals surface area contributed by atoms with Crippen LogP contribution in [0.2, 0.25) is 0 Å². The van der Waals surface area contributed by atoms with Gasteiger partial charge in [-0.15, -0.1) is 0 Å². The largest absolute Gasteiger partial charge is 0.497 e. The highest BCUT2D eigenvalue weighted by molar-refractivity contribution is 5.95. The average molecular weight is 195 g/mol. The molecular weight excluding hydrogens is 182 g/mol. The van der Waals surface area contributed by atoms with Gasteiger partial charge < -0.3 is 15.2 Å². The fourth-order valence-electron chi connectivity index (χ4n) is 1.06. The number of carbonyl (C=O) groups excluding carboxylic acids is 1. The summed E-state index contributed by atoms with van der Waals surface area (Å²) in [6.45, 7) is 2.09. The van der Waals surface area contributed by atoms with Crippen LogP contribution < -0.4 is 10.5 Å². The first-order valence-corrected chi connectivity index (χ1v) is 4.29. The van der Waals surface area contributed by atoms with Crippen molar-refractivity contribution in [3.8, 4) is 5.75 Å². The maximum Gasteiger partial charge on any atom is 0.340 e. The van der Waals surface area contributed by atoms with Crippen molar-refractivity contribution in [2.24, 2.45) is 0 Å². The normalized spacial score (nSPS) is 9.57. The van der Waals surface area contributed by atoms with E-state index in [-0.39, 0.29) is 0 Å². The number of anilines is 1. The molecule has 0 fully saturated rings. The molecule has 0 unspecified atom stereocenters. The summed E-state index contributed by atoms with van der Waals surface area (Å²) < 4.78 is 9.78. The molecule has 0 heterocycles. The van der Waals surface area contributed by atoms with E-state index in [1.807, 2.05) is 0 Å². The van der Waals surface area contributed by atoms with Gasteiger partial charge in [-0.2, -0.15) is 0 Å². The highest BCUT2D eigenvalue weighted by atomic mass is 16.5. The van der Waals surface area contributed by atoms with Crippen molar-refractivity contribution >= 4 is 11.7 Å². The van der Waals surface area contributed by atoms with Crippen molar-refractivity contribution in [1.29, 1.82) is 0 Å². The van der Waals surface area contributed by atoms with Crippen LogP contribution in [-0.4, -0.2) is 19.7 Å². The van der Waals surface area contributed by atoms with Gasteiger partial charge in [0.1, 0.15) is 5.75 Å². The molecule has 0 bridgehead atoms. The quantitative estimate of drug-likeness (QED) is 0.585. The van der Waals surface area contributed by atoms with Gasteiger partial charge in [0.05, 0.1) is 19.3 Å². The number of nitrogen functional groups attached to an aromatic ring is 1. The number of ether oxygens (including phenoxy) is 2. The highest BCUT2D eigenvalue weighted by Crippen LogP contribution is 2.20. The Hall–Kier alpha value is -1.71. The number of methoxy groups -OCH3 is 1. The van der Waals surface area contributed by atoms with Crippen LogP contribution in [0.25, 0.3) is 0 Å². The van der Waals surface area contributed by atoms with Gasteiger partial charge in [-0.1, -0.05) is 0 Å². The van der Waals surface area contributed by atoms with Crippen LogP contribution in [0.1, 0.15) is 17.3 Å². The van der Waals surface area contributed by atoms with E-state index in [1.54, 1.807) is 32.2 Å². The topological polar surface area (TPSA) is 61.5 Å². The van der Waals surface area contributed by atoms with Crippen molar-refractivity contribution in [1.82, 2.24) is 0 Å². The molecule has 1 aromatic rings. The summed E-state index contributed by atoms with van der Waals surface area (Å²) >= 11 is 0. The van der Waals surface area contributed by atoms with E-state index in [2.05, 4.69) is 0 Å². The van der Waals surface area contributed by atoms with Crippen molar-refractivity contribution in [2.75, 3.05) is 19.5 Å². The fraction of sp³-hybridized carbons (Fsp3) is 0.300. The second-order valence-corrected chi connectivity index (χ2v) is 2.67. The van der Waals surface area contributed by atoms with E-state index in [0.29, 0.717) is 23.6 Å². The number of hydrogen-bond acceptors (Lipinski definition) is 4. The number of nitrogens with two attached hydrogens (primary N) is 1. The molecular formula is C10H13NO3. The summed E-state index contributed by atoms with van der Waals surface area (Å²) in [5.74, 6) is 0.211. The molecule has 0 aliphatic heterocycles. The highest BCUT2D eigenvalue weighted by Gasteiger charge is 2.10. The zero-order valence-corrected chi connectivity index (χ0v) is 8.24. The Morgan fingerprint density at radius 2 is 2.21 bits per heavy atom. The minimum absolute atomic E-state index is 0.338. The summed E-state index contributed by atoms with van der Waals surface area (Å²) in [4.78, 5) is 11.3. The first kappa shape index (κ1) is 10.4. The Kier molecular flexibility index (Phi) is 3.34. The summed E-state index contributed by atoms with van der Waals surface area (Å²) in [7, 11) is 1.54. The molecule has 0 saturated carbocycles. The van der Waals surface area contributed by atoms with E-state index in [0.717, 1.165) is 0 Å². The Morgan fingerprint density at radius 3 is 2.71 bits per heavy atom. The number of rotatable bonds is 3. The molecule has 0 aliphatic rings. The van der Waals surface area contributed by atoms with Crippen LogP contribution in [0.15, 0.2) is 18.2 Å². The minimum Gasteiger partial charge on any atom is -0.497 e. The molecule has 4 heteroatoms. The standard InChI is InChI=1S/C10H13NO3/c1-3-14-10(12)8-5-4-7(13-2)6-9(8)11/h4-6H,3,11H2,1-2H3. The molecule has 1 rings (SSSR count). The Bertz CT molecular complexity index is 336. The molecule has 14 heavy (non-hydrogen) atoms. The lowest BCUT2D eigenvalue weighted by molar-refractivity contribution is 0.0527. The van der Waals surface area contributed by atoms with Crippen LogP contribution in [0.5, 0.6) is 5.75 Å². The third-order valence-electron chi connectivity index (χ3n) is 1.75. The van der Waals surface area contributed by atoms with Gasteiger partial charge in [0.15, 0.2) is 0 Å². The molecule has 76 valence electrons. The van der Waals surface area contributed by atoms with Gasteiger partial charge in [-0.05, 0) is 19.1 Å². The molecule has 0 saturated heterocycles. The molecule has 0 atom stereocenters. The van der Waals surface area contributed by atoms with Gasteiger partial charge in [-0.3, -0.25) is 0 Å². The van der Waals surface area contributed by atoms with E-state index in [9.17, 15) is 4.79 Å². The van der Waals surface area contributed by atoms with Gasteiger partial charge >= 0.3 is 5.97 Å². The van der Waals surface area contributed by atoms with Crippen molar-refractivity contribution < 1.29 is 14.3 Å². The molecule has 4 nitrogen and oxygen atoms in total. The summed E-state index contributed by atoms with van der Waals surface area (Å²) in [6, 6.07) is 4.85. The van der Waals surface area contributed by atoms with Crippen LogP contribution >= 0.6 is 0 Å². The Labute approximate surface area is 82.6 Å². The van der Waals surface area contributed by atoms with E-state index in [1.165, 1.54) is 0 Å². The van der Waals surface area contributed by atoms with E-state index >= 15 is 0 Å². The Morgan fingerprint density at radius 1 is 1.50 bits per heavy atom.